The molecule has 2 rings (SSSR count). The van der Waals surface area contributed by atoms with Crippen molar-refractivity contribution in [1.82, 2.24) is 10.3 Å². The number of hydrogen-bond donors (Lipinski definition) is 4. The van der Waals surface area contributed by atoms with E-state index in [4.69, 9.17) is 4.74 Å². The van der Waals surface area contributed by atoms with Gasteiger partial charge in [-0.3, -0.25) is 9.59 Å². The lowest BCUT2D eigenvalue weighted by molar-refractivity contribution is -0.119. The molecule has 1 aromatic carbocycles. The summed E-state index contributed by atoms with van der Waals surface area (Å²) in [5.74, 6) is -3.31. The molecule has 0 unspecified atom stereocenters. The summed E-state index contributed by atoms with van der Waals surface area (Å²) < 4.78 is 18.4. The second-order valence-electron chi connectivity index (χ2n) is 6.76. The SMILES string of the molecule is CCOC(=O)c1c(C)[nH]c(C(=O)C(=O)NC(C)(CO)CO)c1-c1ccc(F)cc1. The number of carbonyl (C=O) groups excluding carboxylic acids is 3. The molecule has 0 aliphatic carbocycles. The first-order chi connectivity index (χ1) is 13.7. The van der Waals surface area contributed by atoms with Gasteiger partial charge in [0.1, 0.15) is 11.5 Å². The van der Waals surface area contributed by atoms with Crippen molar-refractivity contribution in [1.29, 1.82) is 0 Å². The zero-order chi connectivity index (χ0) is 21.8. The lowest BCUT2D eigenvalue weighted by Gasteiger charge is -2.25. The third-order valence-electron chi connectivity index (χ3n) is 4.35. The first-order valence-electron chi connectivity index (χ1n) is 8.91. The van der Waals surface area contributed by atoms with Gasteiger partial charge >= 0.3 is 5.97 Å². The standard InChI is InChI=1S/C20H23FN2O6/c1-4-29-19(28)14-11(2)22-16(15(14)12-5-7-13(21)8-6-12)17(26)18(27)23-20(3,9-24)10-25/h5-8,22,24-25H,4,9-10H2,1-3H3,(H,23,27). The number of amides is 1. The van der Waals surface area contributed by atoms with Gasteiger partial charge in [0, 0.05) is 11.3 Å². The van der Waals surface area contributed by atoms with E-state index < -0.39 is 42.2 Å². The van der Waals surface area contributed by atoms with Crippen LogP contribution in [0, 0.1) is 12.7 Å². The van der Waals surface area contributed by atoms with Gasteiger partial charge in [-0.25, -0.2) is 9.18 Å². The van der Waals surface area contributed by atoms with Crippen molar-refractivity contribution in [2.45, 2.75) is 26.3 Å². The smallest absolute Gasteiger partial charge is 0.340 e. The Bertz CT molecular complexity index is 916. The number of benzene rings is 1. The minimum atomic E-state index is -1.41. The normalized spacial score (nSPS) is 11.2. The second-order valence-corrected chi connectivity index (χ2v) is 6.76. The van der Waals surface area contributed by atoms with Crippen LogP contribution < -0.4 is 5.32 Å². The van der Waals surface area contributed by atoms with Crippen LogP contribution in [0.3, 0.4) is 0 Å². The molecular weight excluding hydrogens is 383 g/mol. The first kappa shape index (κ1) is 22.3. The predicted octanol–water partition coefficient (Wildman–Crippen LogP) is 1.35. The fourth-order valence-corrected chi connectivity index (χ4v) is 2.73. The Hall–Kier alpha value is -3.04. The summed E-state index contributed by atoms with van der Waals surface area (Å²) in [6.45, 7) is 3.45. The van der Waals surface area contributed by atoms with Crippen LogP contribution in [0.1, 0.15) is 40.4 Å². The Morgan fingerprint density at radius 1 is 1.17 bits per heavy atom. The highest BCUT2D eigenvalue weighted by Crippen LogP contribution is 2.31. The van der Waals surface area contributed by atoms with Crippen molar-refractivity contribution >= 4 is 17.7 Å². The Morgan fingerprint density at radius 3 is 2.28 bits per heavy atom. The van der Waals surface area contributed by atoms with Crippen LogP contribution in [0.4, 0.5) is 4.39 Å². The fraction of sp³-hybridized carbons (Fsp3) is 0.350. The quantitative estimate of drug-likeness (QED) is 0.298. The lowest BCUT2D eigenvalue weighted by atomic mass is 9.97. The molecule has 0 saturated heterocycles. The number of carbonyl (C=O) groups is 3. The third-order valence-corrected chi connectivity index (χ3v) is 4.35. The van der Waals surface area contributed by atoms with Gasteiger partial charge < -0.3 is 25.3 Å². The highest BCUT2D eigenvalue weighted by Gasteiger charge is 2.33. The van der Waals surface area contributed by atoms with Crippen molar-refractivity contribution in [3.8, 4) is 11.1 Å². The summed E-state index contributed by atoms with van der Waals surface area (Å²) in [5, 5.41) is 20.9. The van der Waals surface area contributed by atoms with Crippen LogP contribution in [0.2, 0.25) is 0 Å². The molecule has 2 aromatic rings. The average Bonchev–Trinajstić information content (AvgIpc) is 3.05. The van der Waals surface area contributed by atoms with E-state index in [0.717, 1.165) is 12.1 Å². The van der Waals surface area contributed by atoms with E-state index in [2.05, 4.69) is 10.3 Å². The Balaban J connectivity index is 2.58. The van der Waals surface area contributed by atoms with Crippen LogP contribution in [-0.2, 0) is 9.53 Å². The molecule has 4 N–H and O–H groups in total. The molecule has 0 spiro atoms. The summed E-state index contributed by atoms with van der Waals surface area (Å²) in [4.78, 5) is 40.5. The van der Waals surface area contributed by atoms with E-state index in [1.165, 1.54) is 19.1 Å². The summed E-state index contributed by atoms with van der Waals surface area (Å²) in [6, 6.07) is 5.08. The number of nitrogens with one attached hydrogen (secondary N) is 2. The monoisotopic (exact) mass is 406 g/mol. The number of ether oxygens (including phenoxy) is 1. The van der Waals surface area contributed by atoms with E-state index in [0.29, 0.717) is 11.3 Å². The molecule has 0 saturated carbocycles. The first-order valence-corrected chi connectivity index (χ1v) is 8.91. The van der Waals surface area contributed by atoms with Gasteiger partial charge in [0.05, 0.1) is 30.9 Å². The van der Waals surface area contributed by atoms with Crippen LogP contribution in [0.5, 0.6) is 0 Å². The molecule has 1 amide bonds. The van der Waals surface area contributed by atoms with E-state index in [-0.39, 0.29) is 23.4 Å². The van der Waals surface area contributed by atoms with Crippen molar-refractivity contribution < 1.29 is 33.7 Å². The second kappa shape index (κ2) is 8.97. The largest absolute Gasteiger partial charge is 0.462 e. The number of rotatable bonds is 8. The van der Waals surface area contributed by atoms with Gasteiger partial charge in [0.2, 0.25) is 0 Å². The Morgan fingerprint density at radius 2 is 1.76 bits per heavy atom. The number of Topliss-reactive ketones (excluding diaryl/α,β-unsaturated/α-hetero) is 1. The van der Waals surface area contributed by atoms with E-state index in [1.54, 1.807) is 13.8 Å². The molecule has 0 fully saturated rings. The zero-order valence-electron chi connectivity index (χ0n) is 16.3. The van der Waals surface area contributed by atoms with E-state index in [1.807, 2.05) is 0 Å². The highest BCUT2D eigenvalue weighted by atomic mass is 19.1. The number of H-pyrrole nitrogens is 1. The maximum atomic E-state index is 13.4. The molecule has 156 valence electrons. The zero-order valence-corrected chi connectivity index (χ0v) is 16.3. The van der Waals surface area contributed by atoms with Crippen molar-refractivity contribution in [2.24, 2.45) is 0 Å². The molecule has 0 aliphatic heterocycles. The number of aromatic nitrogens is 1. The van der Waals surface area contributed by atoms with Gasteiger partial charge in [0.15, 0.2) is 0 Å². The molecule has 0 aliphatic rings. The molecule has 29 heavy (non-hydrogen) atoms. The molecular formula is C20H23FN2O6. The molecule has 8 nitrogen and oxygen atoms in total. The van der Waals surface area contributed by atoms with Gasteiger partial charge in [-0.15, -0.1) is 0 Å². The number of aryl methyl sites for hydroxylation is 1. The topological polar surface area (TPSA) is 129 Å². The fourth-order valence-electron chi connectivity index (χ4n) is 2.73. The summed E-state index contributed by atoms with van der Waals surface area (Å²) in [7, 11) is 0. The number of aromatic amines is 1. The van der Waals surface area contributed by atoms with Crippen LogP contribution >= 0.6 is 0 Å². The third kappa shape index (κ3) is 4.69. The van der Waals surface area contributed by atoms with E-state index >= 15 is 0 Å². The van der Waals surface area contributed by atoms with Crippen LogP contribution in [0.25, 0.3) is 11.1 Å². The maximum absolute atomic E-state index is 13.4. The minimum Gasteiger partial charge on any atom is -0.462 e. The Kier molecular flexibility index (Phi) is 6.89. The van der Waals surface area contributed by atoms with Gasteiger partial charge in [-0.05, 0) is 38.5 Å². The van der Waals surface area contributed by atoms with Gasteiger partial charge in [-0.1, -0.05) is 12.1 Å². The van der Waals surface area contributed by atoms with Crippen LogP contribution in [-0.4, -0.2) is 58.2 Å². The van der Waals surface area contributed by atoms with Crippen molar-refractivity contribution in [3.05, 3.63) is 47.0 Å². The van der Waals surface area contributed by atoms with Crippen molar-refractivity contribution in [2.75, 3.05) is 19.8 Å². The highest BCUT2D eigenvalue weighted by molar-refractivity contribution is 6.44. The lowest BCUT2D eigenvalue weighted by Crippen LogP contribution is -2.53. The summed E-state index contributed by atoms with van der Waals surface area (Å²) in [6.07, 6.45) is 0. The molecule has 9 heteroatoms. The number of aliphatic hydroxyl groups excluding tert-OH is 2. The summed E-state index contributed by atoms with van der Waals surface area (Å²) >= 11 is 0. The number of esters is 1. The minimum absolute atomic E-state index is 0.0571. The van der Waals surface area contributed by atoms with Gasteiger partial charge in [-0.2, -0.15) is 0 Å². The average molecular weight is 406 g/mol. The van der Waals surface area contributed by atoms with Gasteiger partial charge in [0.25, 0.3) is 11.7 Å². The number of hydrogen-bond acceptors (Lipinski definition) is 6. The molecule has 0 atom stereocenters. The number of aliphatic hydroxyl groups is 2. The van der Waals surface area contributed by atoms with Crippen molar-refractivity contribution in [3.63, 3.8) is 0 Å². The molecule has 1 heterocycles. The predicted molar refractivity (Wildman–Crippen MR) is 102 cm³/mol. The molecule has 0 bridgehead atoms. The molecule has 0 radical (unpaired) electrons. The maximum Gasteiger partial charge on any atom is 0.340 e. The number of ketones is 1. The summed E-state index contributed by atoms with van der Waals surface area (Å²) in [5.41, 5.74) is -0.799. The van der Waals surface area contributed by atoms with E-state index in [9.17, 15) is 29.0 Å². The molecule has 1 aromatic heterocycles. The Labute approximate surface area is 166 Å². The number of halogens is 1. The van der Waals surface area contributed by atoms with Crippen LogP contribution in [0.15, 0.2) is 24.3 Å².